The first kappa shape index (κ1) is 6.86. The van der Waals surface area contributed by atoms with Gasteiger partial charge in [0.05, 0.1) is 6.33 Å². The molecule has 0 bridgehead atoms. The lowest BCUT2D eigenvalue weighted by Crippen LogP contribution is -1.94. The highest BCUT2D eigenvalue weighted by atomic mass is 15.0. The van der Waals surface area contributed by atoms with E-state index in [-0.39, 0.29) is 0 Å². The zero-order valence-electron chi connectivity index (χ0n) is 6.20. The molecular weight excluding hydrogens is 126 g/mol. The minimum absolute atomic E-state index is 1.13. The van der Waals surface area contributed by atoms with Crippen LogP contribution in [0.2, 0.25) is 0 Å². The van der Waals surface area contributed by atoms with Crippen molar-refractivity contribution in [3.63, 3.8) is 0 Å². The van der Waals surface area contributed by atoms with Crippen LogP contribution in [0.3, 0.4) is 0 Å². The summed E-state index contributed by atoms with van der Waals surface area (Å²) in [4.78, 5) is 3.96. The van der Waals surface area contributed by atoms with E-state index in [0.717, 1.165) is 5.69 Å². The molecule has 1 rings (SSSR count). The minimum Gasteiger partial charge on any atom is -0.393 e. The predicted octanol–water partition coefficient (Wildman–Crippen LogP) is 0.839. The van der Waals surface area contributed by atoms with Gasteiger partial charge in [0.25, 0.3) is 0 Å². The Morgan fingerprint density at radius 3 is 3.00 bits per heavy atom. The van der Waals surface area contributed by atoms with E-state index in [1.807, 2.05) is 37.1 Å². The fourth-order valence-electron chi connectivity index (χ4n) is 0.682. The molecule has 54 valence electrons. The van der Waals surface area contributed by atoms with Crippen LogP contribution >= 0.6 is 0 Å². The summed E-state index contributed by atoms with van der Waals surface area (Å²) in [6, 6.07) is 0. The molecule has 0 spiro atoms. The average molecular weight is 137 g/mol. The molecule has 0 atom stereocenters. The predicted molar refractivity (Wildman–Crippen MR) is 41.4 cm³/mol. The molecule has 0 aliphatic heterocycles. The number of nitrogens with zero attached hydrogens (tertiary/aromatic N) is 2. The Balaban J connectivity index is 2.74. The quantitative estimate of drug-likeness (QED) is 0.654. The highest BCUT2D eigenvalue weighted by Gasteiger charge is 1.87. The third-order valence-electron chi connectivity index (χ3n) is 1.26. The Kier molecular flexibility index (Phi) is 2.10. The van der Waals surface area contributed by atoms with Crippen molar-refractivity contribution < 1.29 is 0 Å². The Hall–Kier alpha value is -1.25. The maximum Gasteiger partial charge on any atom is 0.0989 e. The number of hydrogen-bond donors (Lipinski definition) is 1. The van der Waals surface area contributed by atoms with Crippen molar-refractivity contribution in [1.82, 2.24) is 14.9 Å². The van der Waals surface area contributed by atoms with E-state index in [4.69, 9.17) is 0 Å². The summed E-state index contributed by atoms with van der Waals surface area (Å²) in [5.41, 5.74) is 1.13. The lowest BCUT2D eigenvalue weighted by Gasteiger charge is -1.93. The number of aromatic nitrogens is 2. The molecule has 0 amide bonds. The van der Waals surface area contributed by atoms with Gasteiger partial charge in [-0.2, -0.15) is 0 Å². The summed E-state index contributed by atoms with van der Waals surface area (Å²) in [6.45, 7) is 2.01. The van der Waals surface area contributed by atoms with E-state index in [1.165, 1.54) is 0 Å². The van der Waals surface area contributed by atoms with Crippen LogP contribution in [0.1, 0.15) is 5.69 Å². The van der Waals surface area contributed by atoms with Crippen LogP contribution in [-0.4, -0.2) is 16.6 Å². The van der Waals surface area contributed by atoms with Crippen LogP contribution in [0.15, 0.2) is 18.7 Å². The summed E-state index contributed by atoms with van der Waals surface area (Å²) in [5, 5.41) is 2.90. The van der Waals surface area contributed by atoms with Crippen LogP contribution in [0.25, 0.3) is 6.20 Å². The van der Waals surface area contributed by atoms with Gasteiger partial charge in [0, 0.05) is 31.3 Å². The molecule has 1 heterocycles. The first-order chi connectivity index (χ1) is 4.84. The number of aryl methyl sites for hydroxylation is 1. The third-order valence-corrected chi connectivity index (χ3v) is 1.26. The van der Waals surface area contributed by atoms with Gasteiger partial charge in [-0.15, -0.1) is 0 Å². The van der Waals surface area contributed by atoms with Crippen molar-refractivity contribution in [3.05, 3.63) is 24.4 Å². The average Bonchev–Trinajstić information content (AvgIpc) is 2.31. The molecule has 1 aromatic rings. The molecular formula is C7H11N3. The number of rotatable bonds is 2. The first-order valence-corrected chi connectivity index (χ1v) is 3.17. The smallest absolute Gasteiger partial charge is 0.0989 e. The fraction of sp³-hybridized carbons (Fsp3) is 0.286. The van der Waals surface area contributed by atoms with E-state index in [9.17, 15) is 0 Å². The summed E-state index contributed by atoms with van der Waals surface area (Å²) in [7, 11) is 1.86. The Morgan fingerprint density at radius 2 is 2.50 bits per heavy atom. The molecule has 0 radical (unpaired) electrons. The molecule has 0 saturated heterocycles. The van der Waals surface area contributed by atoms with Crippen molar-refractivity contribution in [2.24, 2.45) is 0 Å². The molecule has 3 nitrogen and oxygen atoms in total. The summed E-state index contributed by atoms with van der Waals surface area (Å²) in [6.07, 6.45) is 7.36. The van der Waals surface area contributed by atoms with Gasteiger partial charge in [-0.05, 0) is 6.92 Å². The van der Waals surface area contributed by atoms with E-state index < -0.39 is 0 Å². The second-order valence-electron chi connectivity index (χ2n) is 2.05. The molecule has 0 fully saturated rings. The highest BCUT2D eigenvalue weighted by Crippen LogP contribution is 1.95. The molecule has 1 aromatic heterocycles. The Labute approximate surface area is 60.4 Å². The van der Waals surface area contributed by atoms with Crippen LogP contribution in [0, 0.1) is 6.92 Å². The minimum atomic E-state index is 1.13. The zero-order valence-corrected chi connectivity index (χ0v) is 6.20. The van der Waals surface area contributed by atoms with Crippen LogP contribution < -0.4 is 5.32 Å². The number of imidazole rings is 1. The van der Waals surface area contributed by atoms with E-state index in [0.29, 0.717) is 0 Å². The molecule has 10 heavy (non-hydrogen) atoms. The standard InChI is InChI=1S/C7H11N3/c1-7-5-9-6-10(7)4-3-8-2/h3-6,8H,1-2H3/b4-3-. The number of nitrogens with one attached hydrogen (secondary N) is 1. The topological polar surface area (TPSA) is 29.9 Å². The van der Waals surface area contributed by atoms with Gasteiger partial charge in [-0.3, -0.25) is 0 Å². The van der Waals surface area contributed by atoms with Crippen molar-refractivity contribution >= 4 is 6.20 Å². The molecule has 0 aliphatic carbocycles. The van der Waals surface area contributed by atoms with Crippen LogP contribution in [0.4, 0.5) is 0 Å². The second-order valence-corrected chi connectivity index (χ2v) is 2.05. The Morgan fingerprint density at radius 1 is 1.70 bits per heavy atom. The van der Waals surface area contributed by atoms with Gasteiger partial charge >= 0.3 is 0 Å². The van der Waals surface area contributed by atoms with Crippen LogP contribution in [-0.2, 0) is 0 Å². The molecule has 1 N–H and O–H groups in total. The second kappa shape index (κ2) is 3.06. The van der Waals surface area contributed by atoms with E-state index in [2.05, 4.69) is 10.3 Å². The highest BCUT2D eigenvalue weighted by molar-refractivity contribution is 5.23. The molecule has 3 heteroatoms. The van der Waals surface area contributed by atoms with Crippen molar-refractivity contribution in [3.8, 4) is 0 Å². The largest absolute Gasteiger partial charge is 0.393 e. The maximum atomic E-state index is 3.96. The van der Waals surface area contributed by atoms with Gasteiger partial charge in [0.2, 0.25) is 0 Å². The number of hydrogen-bond acceptors (Lipinski definition) is 2. The van der Waals surface area contributed by atoms with Crippen molar-refractivity contribution in [1.29, 1.82) is 0 Å². The molecule has 0 aliphatic rings. The van der Waals surface area contributed by atoms with Gasteiger partial charge in [0.1, 0.15) is 0 Å². The summed E-state index contributed by atoms with van der Waals surface area (Å²) in [5.74, 6) is 0. The fourth-order valence-corrected chi connectivity index (χ4v) is 0.682. The summed E-state index contributed by atoms with van der Waals surface area (Å²) >= 11 is 0. The maximum absolute atomic E-state index is 3.96. The molecule has 0 saturated carbocycles. The van der Waals surface area contributed by atoms with Crippen molar-refractivity contribution in [2.75, 3.05) is 7.05 Å². The van der Waals surface area contributed by atoms with Gasteiger partial charge in [0.15, 0.2) is 0 Å². The van der Waals surface area contributed by atoms with Gasteiger partial charge in [-0.1, -0.05) is 0 Å². The van der Waals surface area contributed by atoms with Crippen LogP contribution in [0.5, 0.6) is 0 Å². The van der Waals surface area contributed by atoms with Gasteiger partial charge in [-0.25, -0.2) is 4.98 Å². The van der Waals surface area contributed by atoms with Gasteiger partial charge < -0.3 is 9.88 Å². The molecule has 0 unspecified atom stereocenters. The van der Waals surface area contributed by atoms with Crippen molar-refractivity contribution in [2.45, 2.75) is 6.92 Å². The lowest BCUT2D eigenvalue weighted by atomic mass is 10.5. The van der Waals surface area contributed by atoms with E-state index >= 15 is 0 Å². The first-order valence-electron chi connectivity index (χ1n) is 3.17. The monoisotopic (exact) mass is 137 g/mol. The molecule has 0 aromatic carbocycles. The van der Waals surface area contributed by atoms with E-state index in [1.54, 1.807) is 6.33 Å². The third kappa shape index (κ3) is 1.37. The zero-order chi connectivity index (χ0) is 7.40. The Bertz CT molecular complexity index is 225. The summed E-state index contributed by atoms with van der Waals surface area (Å²) < 4.78 is 1.94. The normalized spacial score (nSPS) is 10.6. The SMILES string of the molecule is CN/C=C\n1cncc1C. The lowest BCUT2D eigenvalue weighted by molar-refractivity contribution is 1.04.